The number of hydrogen-bond acceptors (Lipinski definition) is 4. The number of amides is 2. The topological polar surface area (TPSA) is 86.4 Å². The summed E-state index contributed by atoms with van der Waals surface area (Å²) in [6.07, 6.45) is -4.21. The van der Waals surface area contributed by atoms with Crippen molar-refractivity contribution in [2.75, 3.05) is 19.6 Å². The highest BCUT2D eigenvalue weighted by Gasteiger charge is 2.41. The lowest BCUT2D eigenvalue weighted by molar-refractivity contribution is -0.157. The number of hydrogen-bond donors (Lipinski definition) is 1. The molecule has 1 atom stereocenters. The molecule has 0 aliphatic carbocycles. The van der Waals surface area contributed by atoms with Crippen molar-refractivity contribution < 1.29 is 22.8 Å². The van der Waals surface area contributed by atoms with E-state index in [2.05, 4.69) is 9.97 Å². The fourth-order valence-corrected chi connectivity index (χ4v) is 3.69. The number of aromatic amines is 1. The molecule has 1 fully saturated rings. The van der Waals surface area contributed by atoms with Gasteiger partial charge in [-0.2, -0.15) is 13.2 Å². The zero-order valence-electron chi connectivity index (χ0n) is 16.1. The van der Waals surface area contributed by atoms with Gasteiger partial charge in [-0.3, -0.25) is 14.4 Å². The van der Waals surface area contributed by atoms with Crippen LogP contribution in [0.25, 0.3) is 10.9 Å². The Morgan fingerprint density at radius 1 is 1.37 bits per heavy atom. The molecule has 162 valence electrons. The van der Waals surface area contributed by atoms with Crippen LogP contribution in [0, 0.1) is 5.92 Å². The summed E-state index contributed by atoms with van der Waals surface area (Å²) in [4.78, 5) is 46.2. The van der Waals surface area contributed by atoms with Gasteiger partial charge in [0.15, 0.2) is 0 Å². The van der Waals surface area contributed by atoms with Crippen molar-refractivity contribution >= 4 is 34.3 Å². The maximum Gasteiger partial charge on any atom is 0.406 e. The summed E-state index contributed by atoms with van der Waals surface area (Å²) in [5.74, 6) is -1.78. The first kappa shape index (κ1) is 22.1. The maximum atomic E-state index is 12.9. The number of halogens is 4. The molecule has 1 aliphatic heterocycles. The zero-order chi connectivity index (χ0) is 22.1. The van der Waals surface area contributed by atoms with Gasteiger partial charge in [0.25, 0.3) is 5.56 Å². The number of nitrogens with one attached hydrogen (secondary N) is 1. The molecule has 0 radical (unpaired) electrons. The first-order chi connectivity index (χ1) is 14.1. The first-order valence-electron chi connectivity index (χ1n) is 9.39. The Labute approximate surface area is 174 Å². The van der Waals surface area contributed by atoms with Crippen molar-refractivity contribution in [2.24, 2.45) is 5.92 Å². The average molecular weight is 445 g/mol. The lowest BCUT2D eigenvalue weighted by Crippen LogP contribution is -2.39. The number of benzene rings is 1. The van der Waals surface area contributed by atoms with Crippen molar-refractivity contribution in [3.8, 4) is 0 Å². The van der Waals surface area contributed by atoms with E-state index in [1.54, 1.807) is 12.1 Å². The van der Waals surface area contributed by atoms with Crippen LogP contribution in [0.5, 0.6) is 0 Å². The van der Waals surface area contributed by atoms with Crippen LogP contribution in [-0.4, -0.2) is 57.4 Å². The molecule has 3 rings (SSSR count). The van der Waals surface area contributed by atoms with Gasteiger partial charge in [0.05, 0.1) is 23.4 Å². The van der Waals surface area contributed by atoms with Gasteiger partial charge in [0.2, 0.25) is 11.8 Å². The third kappa shape index (κ3) is 5.10. The molecule has 1 N–H and O–H groups in total. The standard InChI is InChI=1S/C19H20ClF3N4O3/c1-2-5-26(18(30)11-6-16(28)27(8-11)10-19(21,22)23)9-15-24-14-7-12(20)3-4-13(14)17(29)25-15/h3-4,7,11H,2,5-6,8-10H2,1H3,(H,24,25,29). The molecule has 0 spiro atoms. The summed E-state index contributed by atoms with van der Waals surface area (Å²) < 4.78 is 37.9. The fourth-order valence-electron chi connectivity index (χ4n) is 3.52. The fraction of sp³-hybridized carbons (Fsp3) is 0.474. The van der Waals surface area contributed by atoms with E-state index in [-0.39, 0.29) is 30.9 Å². The highest BCUT2D eigenvalue weighted by molar-refractivity contribution is 6.31. The second-order valence-electron chi connectivity index (χ2n) is 7.22. The van der Waals surface area contributed by atoms with E-state index in [4.69, 9.17) is 11.6 Å². The van der Waals surface area contributed by atoms with Gasteiger partial charge >= 0.3 is 6.18 Å². The number of rotatable bonds is 6. The Balaban J connectivity index is 1.79. The number of carbonyl (C=O) groups is 2. The monoisotopic (exact) mass is 444 g/mol. The molecular weight excluding hydrogens is 425 g/mol. The summed E-state index contributed by atoms with van der Waals surface area (Å²) in [5, 5.41) is 0.753. The molecule has 2 aromatic rings. The lowest BCUT2D eigenvalue weighted by atomic mass is 10.1. The number of fused-ring (bicyclic) bond motifs is 1. The summed E-state index contributed by atoms with van der Waals surface area (Å²) in [7, 11) is 0. The molecule has 2 heterocycles. The third-order valence-electron chi connectivity index (χ3n) is 4.80. The molecule has 0 bridgehead atoms. The number of H-pyrrole nitrogens is 1. The second-order valence-corrected chi connectivity index (χ2v) is 7.66. The van der Waals surface area contributed by atoms with Gasteiger partial charge in [-0.25, -0.2) is 4.98 Å². The minimum absolute atomic E-state index is 0.0334. The molecule has 0 saturated carbocycles. The largest absolute Gasteiger partial charge is 0.406 e. The summed E-state index contributed by atoms with van der Waals surface area (Å²) in [6, 6.07) is 4.64. The van der Waals surface area contributed by atoms with Crippen LogP contribution in [0.4, 0.5) is 13.2 Å². The minimum atomic E-state index is -4.52. The third-order valence-corrected chi connectivity index (χ3v) is 5.03. The van der Waals surface area contributed by atoms with E-state index in [1.165, 1.54) is 11.0 Å². The van der Waals surface area contributed by atoms with Crippen molar-refractivity contribution in [1.29, 1.82) is 0 Å². The minimum Gasteiger partial charge on any atom is -0.335 e. The van der Waals surface area contributed by atoms with Crippen LogP contribution >= 0.6 is 11.6 Å². The van der Waals surface area contributed by atoms with E-state index in [1.807, 2.05) is 6.92 Å². The molecule has 1 aromatic heterocycles. The van der Waals surface area contributed by atoms with Crippen LogP contribution in [0.2, 0.25) is 5.02 Å². The zero-order valence-corrected chi connectivity index (χ0v) is 16.9. The number of likely N-dealkylation sites (tertiary alicyclic amines) is 1. The van der Waals surface area contributed by atoms with Crippen molar-refractivity contribution in [3.05, 3.63) is 39.4 Å². The van der Waals surface area contributed by atoms with Crippen LogP contribution in [0.1, 0.15) is 25.6 Å². The summed E-state index contributed by atoms with van der Waals surface area (Å²) in [5.41, 5.74) is -0.0134. The van der Waals surface area contributed by atoms with Gasteiger partial charge in [-0.1, -0.05) is 18.5 Å². The van der Waals surface area contributed by atoms with E-state index in [0.717, 1.165) is 0 Å². The predicted octanol–water partition coefficient (Wildman–Crippen LogP) is 2.73. The second kappa shape index (κ2) is 8.63. The quantitative estimate of drug-likeness (QED) is 0.742. The molecular formula is C19H20ClF3N4O3. The SMILES string of the molecule is CCCN(Cc1nc2cc(Cl)ccc2c(=O)[nH]1)C(=O)C1CC(=O)N(CC(F)(F)F)C1. The number of aromatic nitrogens is 2. The summed E-state index contributed by atoms with van der Waals surface area (Å²) >= 11 is 5.96. The van der Waals surface area contributed by atoms with Gasteiger partial charge in [0, 0.05) is 24.5 Å². The maximum absolute atomic E-state index is 12.9. The molecule has 2 amide bonds. The molecule has 1 aliphatic rings. The van der Waals surface area contributed by atoms with Crippen LogP contribution in [-0.2, 0) is 16.1 Å². The van der Waals surface area contributed by atoms with E-state index in [0.29, 0.717) is 33.8 Å². The summed E-state index contributed by atoms with van der Waals surface area (Å²) in [6.45, 7) is 0.457. The Morgan fingerprint density at radius 3 is 2.77 bits per heavy atom. The van der Waals surface area contributed by atoms with Crippen molar-refractivity contribution in [2.45, 2.75) is 32.5 Å². The Kier molecular flexibility index (Phi) is 6.35. The first-order valence-corrected chi connectivity index (χ1v) is 9.77. The van der Waals surface area contributed by atoms with E-state index < -0.39 is 30.5 Å². The van der Waals surface area contributed by atoms with Gasteiger partial charge in [-0.05, 0) is 24.6 Å². The Hall–Kier alpha value is -2.62. The van der Waals surface area contributed by atoms with Crippen molar-refractivity contribution in [3.63, 3.8) is 0 Å². The smallest absolute Gasteiger partial charge is 0.335 e. The Morgan fingerprint density at radius 2 is 2.10 bits per heavy atom. The molecule has 7 nitrogen and oxygen atoms in total. The molecule has 30 heavy (non-hydrogen) atoms. The number of nitrogens with zero attached hydrogens (tertiary/aromatic N) is 3. The van der Waals surface area contributed by atoms with Gasteiger partial charge in [-0.15, -0.1) is 0 Å². The average Bonchev–Trinajstić information content (AvgIpc) is 2.99. The molecule has 1 aromatic carbocycles. The number of alkyl halides is 3. The van der Waals surface area contributed by atoms with E-state index >= 15 is 0 Å². The lowest BCUT2D eigenvalue weighted by Gasteiger charge is -2.25. The van der Waals surface area contributed by atoms with Gasteiger partial charge < -0.3 is 14.8 Å². The normalized spacial score (nSPS) is 17.0. The highest BCUT2D eigenvalue weighted by atomic mass is 35.5. The van der Waals surface area contributed by atoms with E-state index in [9.17, 15) is 27.6 Å². The van der Waals surface area contributed by atoms with Crippen LogP contribution in [0.3, 0.4) is 0 Å². The van der Waals surface area contributed by atoms with Crippen LogP contribution < -0.4 is 5.56 Å². The van der Waals surface area contributed by atoms with Gasteiger partial charge in [0.1, 0.15) is 12.4 Å². The number of carbonyl (C=O) groups excluding carboxylic acids is 2. The molecule has 11 heteroatoms. The van der Waals surface area contributed by atoms with Crippen molar-refractivity contribution in [1.82, 2.24) is 19.8 Å². The Bertz CT molecular complexity index is 1020. The van der Waals surface area contributed by atoms with Crippen LogP contribution in [0.15, 0.2) is 23.0 Å². The molecule has 1 saturated heterocycles. The molecule has 1 unspecified atom stereocenters. The highest BCUT2D eigenvalue weighted by Crippen LogP contribution is 2.25. The predicted molar refractivity (Wildman–Crippen MR) is 104 cm³/mol.